The van der Waals surface area contributed by atoms with E-state index >= 15 is 0 Å². The zero-order chi connectivity index (χ0) is 13.8. The summed E-state index contributed by atoms with van der Waals surface area (Å²) < 4.78 is 4.85. The maximum Gasteiger partial charge on any atom is 0.328 e. The molecule has 2 aromatic rings. The normalized spacial score (nSPS) is 12.1. The molecule has 0 fully saturated rings. The van der Waals surface area contributed by atoms with Crippen LogP contribution in [0.2, 0.25) is 0 Å². The number of carbonyl (C=O) groups is 2. The minimum atomic E-state index is -0.669. The van der Waals surface area contributed by atoms with Crippen LogP contribution in [0, 0.1) is 0 Å². The van der Waals surface area contributed by atoms with Crippen molar-refractivity contribution in [3.05, 3.63) is 36.0 Å². The van der Waals surface area contributed by atoms with Crippen LogP contribution in [0.1, 0.15) is 24.2 Å². The van der Waals surface area contributed by atoms with Gasteiger partial charge in [0.05, 0.1) is 17.7 Å². The largest absolute Gasteiger partial charge is 0.464 e. The molecule has 1 unspecified atom stereocenters. The fourth-order valence-electron chi connectivity index (χ4n) is 1.87. The van der Waals surface area contributed by atoms with Crippen molar-refractivity contribution in [2.75, 3.05) is 6.61 Å². The highest BCUT2D eigenvalue weighted by Gasteiger charge is 2.18. The van der Waals surface area contributed by atoms with Gasteiger partial charge in [-0.1, -0.05) is 12.1 Å². The van der Waals surface area contributed by atoms with E-state index in [0.29, 0.717) is 12.2 Å². The molecule has 5 nitrogen and oxygen atoms in total. The lowest BCUT2D eigenvalue weighted by Gasteiger charge is -2.12. The highest BCUT2D eigenvalue weighted by atomic mass is 16.5. The van der Waals surface area contributed by atoms with Crippen molar-refractivity contribution >= 4 is 22.8 Å². The van der Waals surface area contributed by atoms with Crippen LogP contribution in [-0.4, -0.2) is 29.5 Å². The summed E-state index contributed by atoms with van der Waals surface area (Å²) in [7, 11) is 0. The number of benzene rings is 1. The van der Waals surface area contributed by atoms with Gasteiger partial charge in [-0.3, -0.25) is 4.79 Å². The lowest BCUT2D eigenvalue weighted by Crippen LogP contribution is -2.39. The van der Waals surface area contributed by atoms with Gasteiger partial charge < -0.3 is 15.0 Å². The molecular formula is C14H16N2O3. The number of amides is 1. The topological polar surface area (TPSA) is 71.2 Å². The summed E-state index contributed by atoms with van der Waals surface area (Å²) >= 11 is 0. The van der Waals surface area contributed by atoms with Crippen LogP contribution in [-0.2, 0) is 9.53 Å². The molecule has 1 aromatic carbocycles. The van der Waals surface area contributed by atoms with E-state index in [1.54, 1.807) is 32.2 Å². The van der Waals surface area contributed by atoms with Crippen LogP contribution in [0.5, 0.6) is 0 Å². The van der Waals surface area contributed by atoms with E-state index in [1.165, 1.54) is 0 Å². The summed E-state index contributed by atoms with van der Waals surface area (Å²) in [5.74, 6) is -0.733. The van der Waals surface area contributed by atoms with E-state index in [1.807, 2.05) is 12.1 Å². The molecule has 19 heavy (non-hydrogen) atoms. The van der Waals surface area contributed by atoms with Crippen LogP contribution < -0.4 is 5.32 Å². The second-order valence-corrected chi connectivity index (χ2v) is 4.19. The van der Waals surface area contributed by atoms with Crippen LogP contribution in [0.4, 0.5) is 0 Å². The van der Waals surface area contributed by atoms with Gasteiger partial charge in [0.1, 0.15) is 6.04 Å². The van der Waals surface area contributed by atoms with Crippen molar-refractivity contribution in [3.63, 3.8) is 0 Å². The van der Waals surface area contributed by atoms with Gasteiger partial charge in [-0.15, -0.1) is 0 Å². The number of H-pyrrole nitrogens is 1. The number of rotatable bonds is 4. The fraction of sp³-hybridized carbons (Fsp3) is 0.286. The molecule has 1 atom stereocenters. The fourth-order valence-corrected chi connectivity index (χ4v) is 1.87. The number of aromatic nitrogens is 1. The van der Waals surface area contributed by atoms with Gasteiger partial charge in [-0.25, -0.2) is 4.79 Å². The number of aromatic amines is 1. The Morgan fingerprint density at radius 2 is 2.16 bits per heavy atom. The lowest BCUT2D eigenvalue weighted by molar-refractivity contribution is -0.144. The average molecular weight is 260 g/mol. The van der Waals surface area contributed by atoms with Gasteiger partial charge in [-0.05, 0) is 26.0 Å². The molecule has 0 saturated heterocycles. The molecule has 0 spiro atoms. The zero-order valence-corrected chi connectivity index (χ0v) is 10.9. The minimum Gasteiger partial charge on any atom is -0.464 e. The molecule has 1 heterocycles. The summed E-state index contributed by atoms with van der Waals surface area (Å²) in [5, 5.41) is 3.58. The summed E-state index contributed by atoms with van der Waals surface area (Å²) in [6, 6.07) is 6.66. The Bertz CT molecular complexity index is 604. The van der Waals surface area contributed by atoms with E-state index in [9.17, 15) is 9.59 Å². The van der Waals surface area contributed by atoms with Crippen LogP contribution in [0.25, 0.3) is 10.9 Å². The Morgan fingerprint density at radius 1 is 1.37 bits per heavy atom. The standard InChI is InChI=1S/C14H16N2O3/c1-3-19-14(18)9(2)16-13(17)11-6-4-5-10-7-8-15-12(10)11/h4-9,15H,3H2,1-2H3,(H,16,17). The van der Waals surface area contributed by atoms with E-state index in [2.05, 4.69) is 10.3 Å². The van der Waals surface area contributed by atoms with Gasteiger partial charge in [0, 0.05) is 11.6 Å². The van der Waals surface area contributed by atoms with Crippen molar-refractivity contribution in [2.45, 2.75) is 19.9 Å². The number of hydrogen-bond acceptors (Lipinski definition) is 3. The molecule has 0 radical (unpaired) electrons. The third-order valence-corrected chi connectivity index (χ3v) is 2.82. The third-order valence-electron chi connectivity index (χ3n) is 2.82. The van der Waals surface area contributed by atoms with Crippen molar-refractivity contribution in [2.24, 2.45) is 0 Å². The Hall–Kier alpha value is -2.30. The SMILES string of the molecule is CCOC(=O)C(C)NC(=O)c1cccc2cc[nH]c12. The Balaban J connectivity index is 2.16. The summed E-state index contributed by atoms with van der Waals surface area (Å²) in [4.78, 5) is 26.6. The average Bonchev–Trinajstić information content (AvgIpc) is 2.86. The first-order valence-corrected chi connectivity index (χ1v) is 6.17. The molecule has 0 bridgehead atoms. The number of hydrogen-bond donors (Lipinski definition) is 2. The number of carbonyl (C=O) groups excluding carboxylic acids is 2. The number of para-hydroxylation sites is 1. The van der Waals surface area contributed by atoms with Gasteiger partial charge in [0.15, 0.2) is 0 Å². The Labute approximate surface area is 110 Å². The van der Waals surface area contributed by atoms with Crippen LogP contribution in [0.3, 0.4) is 0 Å². The van der Waals surface area contributed by atoms with E-state index < -0.39 is 12.0 Å². The van der Waals surface area contributed by atoms with Gasteiger partial charge in [0.25, 0.3) is 5.91 Å². The first-order chi connectivity index (χ1) is 9.13. The molecule has 0 saturated carbocycles. The van der Waals surface area contributed by atoms with Crippen molar-refractivity contribution in [3.8, 4) is 0 Å². The van der Waals surface area contributed by atoms with Crippen LogP contribution in [0.15, 0.2) is 30.5 Å². The molecule has 5 heteroatoms. The molecule has 2 rings (SSSR count). The summed E-state index contributed by atoms with van der Waals surface area (Å²) in [6.45, 7) is 3.63. The molecular weight excluding hydrogens is 244 g/mol. The summed E-state index contributed by atoms with van der Waals surface area (Å²) in [6.07, 6.45) is 1.77. The highest BCUT2D eigenvalue weighted by molar-refractivity contribution is 6.06. The van der Waals surface area contributed by atoms with E-state index in [0.717, 1.165) is 10.9 Å². The van der Waals surface area contributed by atoms with Crippen LogP contribution >= 0.6 is 0 Å². The number of nitrogens with one attached hydrogen (secondary N) is 2. The molecule has 0 aliphatic carbocycles. The van der Waals surface area contributed by atoms with E-state index in [4.69, 9.17) is 4.74 Å². The quantitative estimate of drug-likeness (QED) is 0.824. The van der Waals surface area contributed by atoms with Gasteiger partial charge in [-0.2, -0.15) is 0 Å². The lowest BCUT2D eigenvalue weighted by atomic mass is 10.1. The molecule has 2 N–H and O–H groups in total. The molecule has 100 valence electrons. The highest BCUT2D eigenvalue weighted by Crippen LogP contribution is 2.16. The maximum atomic E-state index is 12.1. The predicted octanol–water partition coefficient (Wildman–Crippen LogP) is 1.85. The Morgan fingerprint density at radius 3 is 2.89 bits per heavy atom. The molecule has 0 aliphatic rings. The number of fused-ring (bicyclic) bond motifs is 1. The van der Waals surface area contributed by atoms with Gasteiger partial charge in [0.2, 0.25) is 0 Å². The summed E-state index contributed by atoms with van der Waals surface area (Å²) in [5.41, 5.74) is 1.27. The van der Waals surface area contributed by atoms with Gasteiger partial charge >= 0.3 is 5.97 Å². The smallest absolute Gasteiger partial charge is 0.328 e. The van der Waals surface area contributed by atoms with Crippen molar-refractivity contribution in [1.29, 1.82) is 0 Å². The monoisotopic (exact) mass is 260 g/mol. The first-order valence-electron chi connectivity index (χ1n) is 6.17. The zero-order valence-electron chi connectivity index (χ0n) is 10.9. The second kappa shape index (κ2) is 5.56. The first kappa shape index (κ1) is 13.1. The number of esters is 1. The molecule has 1 amide bonds. The molecule has 0 aliphatic heterocycles. The molecule has 1 aromatic heterocycles. The van der Waals surface area contributed by atoms with E-state index in [-0.39, 0.29) is 5.91 Å². The number of ether oxygens (including phenoxy) is 1. The second-order valence-electron chi connectivity index (χ2n) is 4.19. The van der Waals surface area contributed by atoms with Crippen molar-refractivity contribution < 1.29 is 14.3 Å². The Kier molecular flexibility index (Phi) is 3.85. The minimum absolute atomic E-state index is 0.297. The third kappa shape index (κ3) is 2.76. The maximum absolute atomic E-state index is 12.1. The predicted molar refractivity (Wildman–Crippen MR) is 71.9 cm³/mol. The van der Waals surface area contributed by atoms with Crippen molar-refractivity contribution in [1.82, 2.24) is 10.3 Å².